The molecular weight excluding hydrogens is 136 g/mol. The molecule has 53 valence electrons. The van der Waals surface area contributed by atoms with Gasteiger partial charge in [0.25, 0.3) is 0 Å². The van der Waals surface area contributed by atoms with Gasteiger partial charge in [-0.2, -0.15) is 12.6 Å². The van der Waals surface area contributed by atoms with Crippen LogP contribution in [-0.2, 0) is 0 Å². The Morgan fingerprint density at radius 2 is 2.33 bits per heavy atom. The number of thiol groups is 1. The van der Waals surface area contributed by atoms with Crippen LogP contribution in [0.1, 0.15) is 6.42 Å². The number of aliphatic hydroxyl groups is 2. The topological polar surface area (TPSA) is 40.5 Å². The Morgan fingerprint density at radius 3 is 2.67 bits per heavy atom. The first kappa shape index (κ1) is 9.01. The van der Waals surface area contributed by atoms with Gasteiger partial charge < -0.3 is 10.2 Å². The molecule has 3 heteroatoms. The minimum absolute atomic E-state index is 0.224. The van der Waals surface area contributed by atoms with Crippen LogP contribution < -0.4 is 0 Å². The van der Waals surface area contributed by atoms with Crippen molar-refractivity contribution in [2.75, 3.05) is 6.61 Å². The van der Waals surface area contributed by atoms with Crippen LogP contribution in [0.4, 0.5) is 0 Å². The summed E-state index contributed by atoms with van der Waals surface area (Å²) < 4.78 is 0. The summed E-state index contributed by atoms with van der Waals surface area (Å²) in [5.74, 6) is 0. The van der Waals surface area contributed by atoms with Crippen LogP contribution in [0.3, 0.4) is 0 Å². The smallest absolute Gasteiger partial charge is 0.0787 e. The summed E-state index contributed by atoms with van der Waals surface area (Å²) in [5, 5.41) is 17.8. The summed E-state index contributed by atoms with van der Waals surface area (Å²) >= 11 is 3.95. The maximum atomic E-state index is 8.79. The largest absolute Gasteiger partial charge is 0.394 e. The first-order chi connectivity index (χ1) is 4.20. The van der Waals surface area contributed by atoms with Gasteiger partial charge in [-0.1, -0.05) is 6.08 Å². The van der Waals surface area contributed by atoms with E-state index >= 15 is 0 Å². The highest BCUT2D eigenvalue weighted by molar-refractivity contribution is 7.83. The van der Waals surface area contributed by atoms with Crippen molar-refractivity contribution in [1.29, 1.82) is 0 Å². The molecule has 0 aliphatic carbocycles. The Kier molecular flexibility index (Phi) is 4.85. The summed E-state index contributed by atoms with van der Waals surface area (Å²) in [5.41, 5.74) is 0. The molecule has 0 fully saturated rings. The molecule has 0 heterocycles. The molecule has 0 aromatic heterocycles. The zero-order valence-corrected chi connectivity index (χ0v) is 6.01. The molecule has 0 rings (SSSR count). The monoisotopic (exact) mass is 147 g/mol. The van der Waals surface area contributed by atoms with E-state index in [-0.39, 0.29) is 6.61 Å². The number of hydrogen-bond donors (Lipinski definition) is 3. The Morgan fingerprint density at radius 1 is 1.78 bits per heavy atom. The molecule has 0 spiro atoms. The van der Waals surface area contributed by atoms with E-state index in [0.717, 1.165) is 0 Å². The van der Waals surface area contributed by atoms with Crippen molar-refractivity contribution in [2.24, 2.45) is 0 Å². The van der Waals surface area contributed by atoms with Gasteiger partial charge in [-0.15, -0.1) is 6.58 Å². The van der Waals surface area contributed by atoms with Crippen molar-refractivity contribution in [3.8, 4) is 0 Å². The maximum Gasteiger partial charge on any atom is 0.0787 e. The fourth-order valence-electron chi connectivity index (χ4n) is 0.389. The molecule has 0 saturated carbocycles. The van der Waals surface area contributed by atoms with Crippen molar-refractivity contribution >= 4 is 12.6 Å². The van der Waals surface area contributed by atoms with Gasteiger partial charge in [-0.05, 0) is 6.42 Å². The third-order valence-electron chi connectivity index (χ3n) is 0.891. The lowest BCUT2D eigenvalue weighted by molar-refractivity contribution is 0.0946. The first-order valence-electron chi connectivity index (χ1n) is 2.67. The third-order valence-corrected chi connectivity index (χ3v) is 1.26. The third kappa shape index (κ3) is 4.51. The van der Waals surface area contributed by atoms with Crippen LogP contribution >= 0.6 is 12.6 Å². The molecule has 2 nitrogen and oxygen atoms in total. The number of aliphatic hydroxyl groups excluding tert-OH is 2. The molecule has 0 bridgehead atoms. The minimum Gasteiger partial charge on any atom is -0.394 e. The summed E-state index contributed by atoms with van der Waals surface area (Å²) in [4.78, 5) is 0. The summed E-state index contributed by atoms with van der Waals surface area (Å²) in [6.45, 7) is 3.22. The second kappa shape index (κ2) is 4.85. The lowest BCUT2D eigenvalue weighted by atomic mass is 10.2. The van der Waals surface area contributed by atoms with E-state index in [1.54, 1.807) is 6.08 Å². The fourth-order valence-corrected chi connectivity index (χ4v) is 0.600. The van der Waals surface area contributed by atoms with E-state index in [4.69, 9.17) is 10.2 Å². The Hall–Kier alpha value is 0.01000. The SMILES string of the molecule is C=C[C](S)CC(O)CO. The van der Waals surface area contributed by atoms with Gasteiger partial charge >= 0.3 is 0 Å². The van der Waals surface area contributed by atoms with Gasteiger partial charge in [0, 0.05) is 0 Å². The molecule has 2 N–H and O–H groups in total. The molecule has 0 aromatic rings. The van der Waals surface area contributed by atoms with Crippen LogP contribution in [0.25, 0.3) is 0 Å². The van der Waals surface area contributed by atoms with Crippen molar-refractivity contribution in [2.45, 2.75) is 12.5 Å². The number of rotatable bonds is 4. The average molecular weight is 147 g/mol. The summed E-state index contributed by atoms with van der Waals surface area (Å²) in [6.07, 6.45) is 1.22. The molecule has 1 atom stereocenters. The van der Waals surface area contributed by atoms with Gasteiger partial charge in [0.2, 0.25) is 0 Å². The lowest BCUT2D eigenvalue weighted by Gasteiger charge is -2.07. The quantitative estimate of drug-likeness (QED) is 0.503. The molecule has 0 aliphatic heterocycles. The predicted octanol–water partition coefficient (Wildman–Crippen LogP) is 0.377. The van der Waals surface area contributed by atoms with E-state index in [2.05, 4.69) is 19.2 Å². The normalized spacial score (nSPS) is 13.8. The molecule has 0 aromatic carbocycles. The molecule has 0 aliphatic rings. The lowest BCUT2D eigenvalue weighted by Crippen LogP contribution is -2.13. The molecule has 9 heavy (non-hydrogen) atoms. The van der Waals surface area contributed by atoms with E-state index in [1.165, 1.54) is 0 Å². The maximum absolute atomic E-state index is 8.79. The van der Waals surface area contributed by atoms with E-state index in [9.17, 15) is 0 Å². The van der Waals surface area contributed by atoms with Crippen LogP contribution in [0, 0.1) is 5.25 Å². The molecule has 0 saturated heterocycles. The Balaban J connectivity index is 3.33. The van der Waals surface area contributed by atoms with E-state index in [0.29, 0.717) is 11.7 Å². The summed E-state index contributed by atoms with van der Waals surface area (Å²) in [6, 6.07) is 0. The fraction of sp³-hybridized carbons (Fsp3) is 0.500. The summed E-state index contributed by atoms with van der Waals surface area (Å²) in [7, 11) is 0. The van der Waals surface area contributed by atoms with Crippen molar-refractivity contribution in [3.63, 3.8) is 0 Å². The molecule has 1 unspecified atom stereocenters. The van der Waals surface area contributed by atoms with Crippen molar-refractivity contribution < 1.29 is 10.2 Å². The van der Waals surface area contributed by atoms with Gasteiger partial charge in [0.1, 0.15) is 0 Å². The van der Waals surface area contributed by atoms with Gasteiger partial charge in [-0.3, -0.25) is 0 Å². The van der Waals surface area contributed by atoms with Crippen LogP contribution in [0.2, 0.25) is 0 Å². The van der Waals surface area contributed by atoms with Crippen molar-refractivity contribution in [1.82, 2.24) is 0 Å². The highest BCUT2D eigenvalue weighted by Crippen LogP contribution is 2.13. The van der Waals surface area contributed by atoms with Gasteiger partial charge in [-0.25, -0.2) is 0 Å². The minimum atomic E-state index is -0.699. The second-order valence-electron chi connectivity index (χ2n) is 1.74. The van der Waals surface area contributed by atoms with Crippen LogP contribution in [0.15, 0.2) is 12.7 Å². The van der Waals surface area contributed by atoms with Crippen molar-refractivity contribution in [3.05, 3.63) is 17.9 Å². The standard InChI is InChI=1S/C6H11O2S/c1-2-6(9)3-5(8)4-7/h2,5,7-9H,1,3-4H2. The first-order valence-corrected chi connectivity index (χ1v) is 3.11. The van der Waals surface area contributed by atoms with Crippen LogP contribution in [0.5, 0.6) is 0 Å². The molecule has 0 amide bonds. The Bertz CT molecular complexity index is 85.1. The van der Waals surface area contributed by atoms with Gasteiger partial charge in [0.15, 0.2) is 0 Å². The highest BCUT2D eigenvalue weighted by Gasteiger charge is 2.06. The Labute approximate surface area is 60.6 Å². The second-order valence-corrected chi connectivity index (χ2v) is 2.31. The molecular formula is C6H11O2S. The van der Waals surface area contributed by atoms with E-state index < -0.39 is 6.10 Å². The highest BCUT2D eigenvalue weighted by atomic mass is 32.1. The molecule has 1 radical (unpaired) electrons. The zero-order chi connectivity index (χ0) is 7.28. The van der Waals surface area contributed by atoms with Crippen LogP contribution in [-0.4, -0.2) is 22.9 Å². The number of hydrogen-bond acceptors (Lipinski definition) is 3. The van der Waals surface area contributed by atoms with E-state index in [1.807, 2.05) is 0 Å². The predicted molar refractivity (Wildman–Crippen MR) is 40.1 cm³/mol. The van der Waals surface area contributed by atoms with Gasteiger partial charge in [0.05, 0.1) is 18.0 Å². The average Bonchev–Trinajstić information content (AvgIpc) is 1.87. The zero-order valence-electron chi connectivity index (χ0n) is 5.12.